The molecule has 0 saturated carbocycles. The number of benzene rings is 3. The fraction of sp³-hybridized carbons (Fsp3) is 0.250. The van der Waals surface area contributed by atoms with Gasteiger partial charge in [0.25, 0.3) is 0 Å². The van der Waals surface area contributed by atoms with Gasteiger partial charge in [0.15, 0.2) is 0 Å². The van der Waals surface area contributed by atoms with Crippen LogP contribution in [0.1, 0.15) is 47.9 Å². The molecule has 0 aromatic heterocycles. The summed E-state index contributed by atoms with van der Waals surface area (Å²) in [5, 5.41) is 39.6. The third kappa shape index (κ3) is 4.58. The van der Waals surface area contributed by atoms with Crippen LogP contribution >= 0.6 is 0 Å². The number of aromatic hydroxyl groups is 4. The van der Waals surface area contributed by atoms with E-state index in [-0.39, 0.29) is 34.8 Å². The van der Waals surface area contributed by atoms with Gasteiger partial charge in [-0.25, -0.2) is 0 Å². The number of hydrogen-bond acceptors (Lipinski definition) is 4. The molecule has 0 fully saturated rings. The topological polar surface area (TPSA) is 80.9 Å². The predicted octanol–water partition coefficient (Wildman–Crippen LogP) is 5.20. The van der Waals surface area contributed by atoms with E-state index >= 15 is 0 Å². The van der Waals surface area contributed by atoms with Gasteiger partial charge in [-0.2, -0.15) is 0 Å². The molecule has 3 aromatic carbocycles. The first kappa shape index (κ1) is 19.6. The molecule has 0 aliphatic heterocycles. The Kier molecular flexibility index (Phi) is 5.78. The largest absolute Gasteiger partial charge is 0.508 e. The van der Waals surface area contributed by atoms with Gasteiger partial charge in [0.1, 0.15) is 23.0 Å². The summed E-state index contributed by atoms with van der Waals surface area (Å²) >= 11 is 0. The van der Waals surface area contributed by atoms with E-state index in [9.17, 15) is 20.4 Å². The van der Waals surface area contributed by atoms with Crippen LogP contribution in [0.3, 0.4) is 0 Å². The summed E-state index contributed by atoms with van der Waals surface area (Å²) in [6.07, 6.45) is 1.43. The van der Waals surface area contributed by atoms with Crippen molar-refractivity contribution in [2.24, 2.45) is 0 Å². The quantitative estimate of drug-likeness (QED) is 0.475. The summed E-state index contributed by atoms with van der Waals surface area (Å²) in [6.45, 7) is 4.07. The molecule has 4 heteroatoms. The molecule has 146 valence electrons. The Morgan fingerprint density at radius 1 is 0.571 bits per heavy atom. The van der Waals surface area contributed by atoms with Gasteiger partial charge in [0, 0.05) is 6.07 Å². The molecular formula is C24H26O4. The van der Waals surface area contributed by atoms with Crippen LogP contribution in [0.2, 0.25) is 0 Å². The van der Waals surface area contributed by atoms with E-state index in [1.807, 2.05) is 44.2 Å². The van der Waals surface area contributed by atoms with Crippen molar-refractivity contribution in [2.75, 3.05) is 0 Å². The summed E-state index contributed by atoms with van der Waals surface area (Å²) < 4.78 is 0. The lowest BCUT2D eigenvalue weighted by atomic mass is 9.87. The number of phenolic OH excluding ortho intramolecular Hbond substituents is 4. The van der Waals surface area contributed by atoms with E-state index in [2.05, 4.69) is 0 Å². The maximum Gasteiger partial charge on any atom is 0.122 e. The molecule has 4 N–H and O–H groups in total. The lowest BCUT2D eigenvalue weighted by Crippen LogP contribution is -2.04. The summed E-state index contributed by atoms with van der Waals surface area (Å²) in [7, 11) is 0. The first-order valence-electron chi connectivity index (χ1n) is 9.45. The van der Waals surface area contributed by atoms with Gasteiger partial charge in [-0.05, 0) is 77.3 Å². The number of rotatable bonds is 6. The highest BCUT2D eigenvalue weighted by molar-refractivity contribution is 5.49. The van der Waals surface area contributed by atoms with Crippen LogP contribution in [0.25, 0.3) is 0 Å². The SMILES string of the molecule is CC(Cc1ccc(O)cc1)c1cc(C(C)Cc2ccc(O)cc2)c(O)cc1O. The summed E-state index contributed by atoms with van der Waals surface area (Å²) in [5.74, 6) is 0.728. The number of hydrogen-bond donors (Lipinski definition) is 4. The van der Waals surface area contributed by atoms with Crippen molar-refractivity contribution in [2.45, 2.75) is 38.5 Å². The summed E-state index contributed by atoms with van der Waals surface area (Å²) in [5.41, 5.74) is 3.71. The molecule has 0 spiro atoms. The molecule has 0 radical (unpaired) electrons. The Morgan fingerprint density at radius 3 is 1.29 bits per heavy atom. The van der Waals surface area contributed by atoms with Crippen molar-refractivity contribution < 1.29 is 20.4 Å². The molecule has 4 nitrogen and oxygen atoms in total. The maximum atomic E-state index is 10.4. The molecule has 2 atom stereocenters. The zero-order valence-corrected chi connectivity index (χ0v) is 16.1. The molecule has 0 heterocycles. The molecule has 3 aromatic rings. The molecule has 0 bridgehead atoms. The Bertz CT molecular complexity index is 855. The van der Waals surface area contributed by atoms with Crippen LogP contribution in [0, 0.1) is 0 Å². The molecule has 0 aliphatic carbocycles. The zero-order valence-electron chi connectivity index (χ0n) is 16.1. The van der Waals surface area contributed by atoms with Crippen LogP contribution in [-0.4, -0.2) is 20.4 Å². The van der Waals surface area contributed by atoms with Gasteiger partial charge in [-0.1, -0.05) is 38.1 Å². The second kappa shape index (κ2) is 8.26. The molecule has 3 rings (SSSR count). The minimum Gasteiger partial charge on any atom is -0.508 e. The van der Waals surface area contributed by atoms with Crippen molar-refractivity contribution in [3.8, 4) is 23.0 Å². The molecule has 2 unspecified atom stereocenters. The molecule has 0 aliphatic rings. The average Bonchev–Trinajstić information content (AvgIpc) is 2.65. The smallest absolute Gasteiger partial charge is 0.122 e. The van der Waals surface area contributed by atoms with E-state index in [0.717, 1.165) is 22.3 Å². The summed E-state index contributed by atoms with van der Waals surface area (Å²) in [6, 6.07) is 17.4. The van der Waals surface area contributed by atoms with E-state index in [0.29, 0.717) is 12.8 Å². The Balaban J connectivity index is 1.82. The fourth-order valence-electron chi connectivity index (χ4n) is 3.59. The second-order valence-corrected chi connectivity index (χ2v) is 7.51. The lowest BCUT2D eigenvalue weighted by Gasteiger charge is -2.19. The van der Waals surface area contributed by atoms with Gasteiger partial charge >= 0.3 is 0 Å². The normalized spacial score (nSPS) is 13.2. The minimum atomic E-state index is 0.0461. The Labute approximate surface area is 165 Å². The van der Waals surface area contributed by atoms with Gasteiger partial charge in [0.2, 0.25) is 0 Å². The second-order valence-electron chi connectivity index (χ2n) is 7.51. The van der Waals surface area contributed by atoms with Crippen molar-refractivity contribution in [1.29, 1.82) is 0 Å². The van der Waals surface area contributed by atoms with Crippen LogP contribution in [0.4, 0.5) is 0 Å². The zero-order chi connectivity index (χ0) is 20.3. The van der Waals surface area contributed by atoms with Crippen LogP contribution in [0.15, 0.2) is 60.7 Å². The Hall–Kier alpha value is -3.14. The molecule has 0 amide bonds. The first-order valence-corrected chi connectivity index (χ1v) is 9.45. The van der Waals surface area contributed by atoms with Crippen LogP contribution in [0.5, 0.6) is 23.0 Å². The van der Waals surface area contributed by atoms with E-state index < -0.39 is 0 Å². The van der Waals surface area contributed by atoms with Crippen LogP contribution in [-0.2, 0) is 12.8 Å². The highest BCUT2D eigenvalue weighted by Gasteiger charge is 2.18. The fourth-order valence-corrected chi connectivity index (χ4v) is 3.59. The minimum absolute atomic E-state index is 0.0461. The number of phenols is 4. The highest BCUT2D eigenvalue weighted by atomic mass is 16.3. The van der Waals surface area contributed by atoms with E-state index in [1.165, 1.54) is 6.07 Å². The monoisotopic (exact) mass is 378 g/mol. The van der Waals surface area contributed by atoms with Crippen molar-refractivity contribution in [3.05, 3.63) is 82.9 Å². The van der Waals surface area contributed by atoms with Crippen molar-refractivity contribution in [1.82, 2.24) is 0 Å². The van der Waals surface area contributed by atoms with Gasteiger partial charge in [-0.3, -0.25) is 0 Å². The van der Waals surface area contributed by atoms with Gasteiger partial charge in [-0.15, -0.1) is 0 Å². The van der Waals surface area contributed by atoms with Crippen molar-refractivity contribution >= 4 is 0 Å². The van der Waals surface area contributed by atoms with Gasteiger partial charge < -0.3 is 20.4 Å². The van der Waals surface area contributed by atoms with E-state index in [4.69, 9.17) is 0 Å². The van der Waals surface area contributed by atoms with Crippen LogP contribution < -0.4 is 0 Å². The molecule has 28 heavy (non-hydrogen) atoms. The van der Waals surface area contributed by atoms with E-state index in [1.54, 1.807) is 24.3 Å². The first-order chi connectivity index (χ1) is 13.3. The molecular weight excluding hydrogens is 352 g/mol. The maximum absolute atomic E-state index is 10.4. The van der Waals surface area contributed by atoms with Crippen molar-refractivity contribution in [3.63, 3.8) is 0 Å². The third-order valence-corrected chi connectivity index (χ3v) is 5.19. The standard InChI is InChI=1S/C24H26O4/c1-15(11-17-3-7-19(25)8-4-17)21-13-22(24(28)14-23(21)27)16(2)12-18-5-9-20(26)10-6-18/h3-10,13-16,25-28H,11-12H2,1-2H3. The summed E-state index contributed by atoms with van der Waals surface area (Å²) in [4.78, 5) is 0. The average molecular weight is 378 g/mol. The van der Waals surface area contributed by atoms with Gasteiger partial charge in [0.05, 0.1) is 0 Å². The third-order valence-electron chi connectivity index (χ3n) is 5.19. The Morgan fingerprint density at radius 2 is 0.929 bits per heavy atom. The molecule has 0 saturated heterocycles. The predicted molar refractivity (Wildman–Crippen MR) is 110 cm³/mol. The highest BCUT2D eigenvalue weighted by Crippen LogP contribution is 2.38. The lowest BCUT2D eigenvalue weighted by molar-refractivity contribution is 0.435.